The van der Waals surface area contributed by atoms with Crippen LogP contribution in [0.2, 0.25) is 0 Å². The van der Waals surface area contributed by atoms with Crippen molar-refractivity contribution < 1.29 is 4.79 Å². The minimum absolute atomic E-state index is 0.164. The molecule has 0 radical (unpaired) electrons. The van der Waals surface area contributed by atoms with Gasteiger partial charge in [-0.05, 0) is 36.8 Å². The minimum Gasteiger partial charge on any atom is -0.321 e. The van der Waals surface area contributed by atoms with Gasteiger partial charge in [0.25, 0.3) is 5.91 Å². The van der Waals surface area contributed by atoms with Gasteiger partial charge >= 0.3 is 0 Å². The fourth-order valence-electron chi connectivity index (χ4n) is 3.17. The van der Waals surface area contributed by atoms with Gasteiger partial charge in [-0.1, -0.05) is 6.58 Å². The maximum Gasteiger partial charge on any atom is 0.274 e. The van der Waals surface area contributed by atoms with Crippen molar-refractivity contribution in [2.24, 2.45) is 7.05 Å². The first kappa shape index (κ1) is 18.1. The van der Waals surface area contributed by atoms with Crippen LogP contribution in [0.25, 0.3) is 22.2 Å². The lowest BCUT2D eigenvalue weighted by Crippen LogP contribution is -2.16. The lowest BCUT2D eigenvalue weighted by atomic mass is 10.0. The molecule has 8 heteroatoms. The van der Waals surface area contributed by atoms with E-state index in [-0.39, 0.29) is 5.69 Å². The Labute approximate surface area is 166 Å². The predicted octanol–water partition coefficient (Wildman–Crippen LogP) is 3.31. The Morgan fingerprint density at radius 3 is 2.76 bits per heavy atom. The molecule has 8 nitrogen and oxygen atoms in total. The van der Waals surface area contributed by atoms with Gasteiger partial charge in [0.2, 0.25) is 0 Å². The maximum absolute atomic E-state index is 12.9. The summed E-state index contributed by atoms with van der Waals surface area (Å²) in [6.07, 6.45) is 6.77. The van der Waals surface area contributed by atoms with Crippen molar-refractivity contribution in [2.45, 2.75) is 6.92 Å². The number of allylic oxidation sites excluding steroid dienone is 1. The summed E-state index contributed by atoms with van der Waals surface area (Å²) in [7, 11) is 1.84. The molecule has 29 heavy (non-hydrogen) atoms. The molecule has 3 aromatic heterocycles. The maximum atomic E-state index is 12.9. The molecule has 0 aliphatic rings. The molecule has 3 heterocycles. The topological polar surface area (TPSA) is 101 Å². The number of carbonyl (C=O) groups is 1. The molecule has 0 atom stereocenters. The van der Waals surface area contributed by atoms with Gasteiger partial charge in [0.15, 0.2) is 0 Å². The first-order chi connectivity index (χ1) is 14.0. The first-order valence-corrected chi connectivity index (χ1v) is 8.81. The Morgan fingerprint density at radius 1 is 1.24 bits per heavy atom. The number of hydrogen-bond donors (Lipinski definition) is 1. The third kappa shape index (κ3) is 3.26. The average molecular weight is 383 g/mol. The number of anilines is 1. The smallest absolute Gasteiger partial charge is 0.274 e. The summed E-state index contributed by atoms with van der Waals surface area (Å²) in [5.74, 6) is -0.410. The molecular weight excluding hydrogens is 366 g/mol. The summed E-state index contributed by atoms with van der Waals surface area (Å²) in [6.45, 7) is 5.62. The number of benzene rings is 1. The van der Waals surface area contributed by atoms with Crippen LogP contribution in [0.3, 0.4) is 0 Å². The first-order valence-electron chi connectivity index (χ1n) is 8.81. The van der Waals surface area contributed by atoms with Gasteiger partial charge in [0.1, 0.15) is 11.4 Å². The largest absolute Gasteiger partial charge is 0.321 e. The van der Waals surface area contributed by atoms with Gasteiger partial charge < -0.3 is 5.32 Å². The second-order valence-corrected chi connectivity index (χ2v) is 6.63. The molecule has 0 aliphatic carbocycles. The molecule has 1 N–H and O–H groups in total. The number of rotatable bonds is 4. The van der Waals surface area contributed by atoms with E-state index in [1.54, 1.807) is 40.8 Å². The third-order valence-corrected chi connectivity index (χ3v) is 4.48. The van der Waals surface area contributed by atoms with E-state index in [2.05, 4.69) is 33.1 Å². The molecule has 4 aromatic rings. The quantitative estimate of drug-likeness (QED) is 0.582. The van der Waals surface area contributed by atoms with Crippen LogP contribution in [0, 0.1) is 11.3 Å². The number of amides is 1. The molecule has 0 unspecified atom stereocenters. The van der Waals surface area contributed by atoms with E-state index in [0.717, 1.165) is 16.6 Å². The van der Waals surface area contributed by atoms with Crippen LogP contribution < -0.4 is 5.32 Å². The number of nitrogens with one attached hydrogen (secondary N) is 1. The van der Waals surface area contributed by atoms with Crippen LogP contribution in [-0.4, -0.2) is 30.5 Å². The van der Waals surface area contributed by atoms with Crippen molar-refractivity contribution in [1.29, 1.82) is 5.26 Å². The van der Waals surface area contributed by atoms with E-state index < -0.39 is 5.91 Å². The van der Waals surface area contributed by atoms with E-state index >= 15 is 0 Å². The molecular formula is C21H17N7O. The Morgan fingerprint density at radius 2 is 2.07 bits per heavy atom. The number of fused-ring (bicyclic) bond motifs is 1. The standard InChI is InChI=1S/C21H17N7O/c1-13(2)19-14(9-22)6-7-23-20(19)21(29)26-16-5-4-15-10-25-28(18(15)8-16)17-11-24-27(3)12-17/h4-8,10-12H,1H2,2-3H3,(H,26,29). The second kappa shape index (κ2) is 7.05. The molecule has 0 fully saturated rings. The van der Waals surface area contributed by atoms with Crippen molar-refractivity contribution in [1.82, 2.24) is 24.5 Å². The van der Waals surface area contributed by atoms with E-state index in [4.69, 9.17) is 0 Å². The molecule has 0 bridgehead atoms. The highest BCUT2D eigenvalue weighted by Gasteiger charge is 2.18. The summed E-state index contributed by atoms with van der Waals surface area (Å²) >= 11 is 0. The molecule has 0 saturated heterocycles. The zero-order valence-electron chi connectivity index (χ0n) is 15.9. The van der Waals surface area contributed by atoms with Crippen LogP contribution in [0.15, 0.2) is 55.6 Å². The van der Waals surface area contributed by atoms with Gasteiger partial charge in [0, 0.05) is 29.9 Å². The van der Waals surface area contributed by atoms with Crippen LogP contribution >= 0.6 is 0 Å². The summed E-state index contributed by atoms with van der Waals surface area (Å²) in [5.41, 5.74) is 3.82. The third-order valence-electron chi connectivity index (χ3n) is 4.48. The van der Waals surface area contributed by atoms with Crippen molar-refractivity contribution in [3.8, 4) is 11.8 Å². The average Bonchev–Trinajstić information content (AvgIpc) is 3.32. The Kier molecular flexibility index (Phi) is 4.41. The fourth-order valence-corrected chi connectivity index (χ4v) is 3.17. The number of nitriles is 1. The summed E-state index contributed by atoms with van der Waals surface area (Å²) < 4.78 is 3.45. The lowest BCUT2D eigenvalue weighted by molar-refractivity contribution is 0.102. The Bertz CT molecular complexity index is 1310. The fraction of sp³-hybridized carbons (Fsp3) is 0.0952. The number of aryl methyl sites for hydroxylation is 1. The lowest BCUT2D eigenvalue weighted by Gasteiger charge is -2.11. The van der Waals surface area contributed by atoms with Crippen LogP contribution in [0.1, 0.15) is 28.5 Å². The van der Waals surface area contributed by atoms with Gasteiger partial charge in [-0.3, -0.25) is 14.5 Å². The number of hydrogen-bond acceptors (Lipinski definition) is 5. The summed E-state index contributed by atoms with van der Waals surface area (Å²) in [5, 5.41) is 21.7. The number of nitrogens with zero attached hydrogens (tertiary/aromatic N) is 6. The molecule has 142 valence electrons. The zero-order valence-corrected chi connectivity index (χ0v) is 15.9. The summed E-state index contributed by atoms with van der Waals surface area (Å²) in [4.78, 5) is 17.1. The summed E-state index contributed by atoms with van der Waals surface area (Å²) in [6, 6.07) is 9.16. The van der Waals surface area contributed by atoms with Crippen LogP contribution in [0.4, 0.5) is 5.69 Å². The molecule has 1 amide bonds. The van der Waals surface area contributed by atoms with Crippen molar-refractivity contribution >= 4 is 28.1 Å². The number of carbonyl (C=O) groups excluding carboxylic acids is 1. The van der Waals surface area contributed by atoms with Gasteiger partial charge in [-0.2, -0.15) is 15.5 Å². The van der Waals surface area contributed by atoms with Crippen molar-refractivity contribution in [3.05, 3.63) is 72.5 Å². The van der Waals surface area contributed by atoms with E-state index in [1.807, 2.05) is 25.4 Å². The van der Waals surface area contributed by atoms with E-state index in [0.29, 0.717) is 22.4 Å². The predicted molar refractivity (Wildman–Crippen MR) is 109 cm³/mol. The van der Waals surface area contributed by atoms with Crippen molar-refractivity contribution in [2.75, 3.05) is 5.32 Å². The SMILES string of the molecule is C=C(C)c1c(C#N)ccnc1C(=O)Nc1ccc2cnn(-c3cnn(C)c3)c2c1. The van der Waals surface area contributed by atoms with Crippen LogP contribution in [0.5, 0.6) is 0 Å². The van der Waals surface area contributed by atoms with Gasteiger partial charge in [-0.15, -0.1) is 0 Å². The van der Waals surface area contributed by atoms with Crippen molar-refractivity contribution in [3.63, 3.8) is 0 Å². The highest BCUT2D eigenvalue weighted by atomic mass is 16.1. The highest BCUT2D eigenvalue weighted by molar-refractivity contribution is 6.07. The van der Waals surface area contributed by atoms with Gasteiger partial charge in [0.05, 0.1) is 35.7 Å². The number of pyridine rings is 1. The Balaban J connectivity index is 1.71. The molecule has 1 aromatic carbocycles. The monoisotopic (exact) mass is 383 g/mol. The van der Waals surface area contributed by atoms with E-state index in [9.17, 15) is 10.1 Å². The molecule has 0 spiro atoms. The Hall–Kier alpha value is -4.25. The minimum atomic E-state index is -0.410. The normalized spacial score (nSPS) is 10.7. The molecule has 4 rings (SSSR count). The zero-order chi connectivity index (χ0) is 20.5. The van der Waals surface area contributed by atoms with E-state index in [1.165, 1.54) is 6.20 Å². The highest BCUT2D eigenvalue weighted by Crippen LogP contribution is 2.24. The second-order valence-electron chi connectivity index (χ2n) is 6.63. The van der Waals surface area contributed by atoms with Crippen LogP contribution in [-0.2, 0) is 7.05 Å². The number of aromatic nitrogens is 5. The molecule has 0 saturated carbocycles. The van der Waals surface area contributed by atoms with Gasteiger partial charge in [-0.25, -0.2) is 4.68 Å². The molecule has 0 aliphatic heterocycles.